The Hall–Kier alpha value is -1.20. The molecule has 0 atom stereocenters. The fourth-order valence-electron chi connectivity index (χ4n) is 1.28. The van der Waals surface area contributed by atoms with Gasteiger partial charge in [-0.3, -0.25) is 4.79 Å². The third-order valence-corrected chi connectivity index (χ3v) is 3.57. The SMILES string of the molecule is CC(C)CNC(=O)CSc1ccc(Cl)c(C(=O)O)c1. The van der Waals surface area contributed by atoms with Crippen molar-refractivity contribution in [3.63, 3.8) is 0 Å². The molecular weight excluding hydrogens is 286 g/mol. The summed E-state index contributed by atoms with van der Waals surface area (Å²) in [7, 11) is 0. The molecule has 0 unspecified atom stereocenters. The van der Waals surface area contributed by atoms with Crippen LogP contribution in [0.1, 0.15) is 24.2 Å². The van der Waals surface area contributed by atoms with Gasteiger partial charge in [-0.25, -0.2) is 4.79 Å². The van der Waals surface area contributed by atoms with Crippen LogP contribution in [-0.2, 0) is 4.79 Å². The number of carboxylic acid groups (broad SMARTS) is 1. The summed E-state index contributed by atoms with van der Waals surface area (Å²) in [5.41, 5.74) is 0.0502. The number of aromatic carboxylic acids is 1. The third-order valence-electron chi connectivity index (χ3n) is 2.25. The Morgan fingerprint density at radius 2 is 2.11 bits per heavy atom. The van der Waals surface area contributed by atoms with E-state index in [2.05, 4.69) is 5.32 Å². The van der Waals surface area contributed by atoms with E-state index in [0.29, 0.717) is 17.4 Å². The molecule has 0 heterocycles. The number of hydrogen-bond donors (Lipinski definition) is 2. The molecule has 0 aliphatic heterocycles. The van der Waals surface area contributed by atoms with E-state index in [1.165, 1.54) is 23.9 Å². The molecule has 4 nitrogen and oxygen atoms in total. The molecule has 0 radical (unpaired) electrons. The van der Waals surface area contributed by atoms with Crippen LogP contribution in [0.2, 0.25) is 5.02 Å². The first kappa shape index (κ1) is 15.9. The van der Waals surface area contributed by atoms with Crippen LogP contribution in [0.4, 0.5) is 0 Å². The van der Waals surface area contributed by atoms with E-state index in [-0.39, 0.29) is 22.2 Å². The van der Waals surface area contributed by atoms with Gasteiger partial charge in [-0.1, -0.05) is 25.4 Å². The second kappa shape index (κ2) is 7.40. The zero-order valence-corrected chi connectivity index (χ0v) is 12.3. The lowest BCUT2D eigenvalue weighted by atomic mass is 10.2. The predicted molar refractivity (Wildman–Crippen MR) is 77.0 cm³/mol. The molecule has 0 saturated heterocycles. The standard InChI is InChI=1S/C13H16ClNO3S/c1-8(2)6-15-12(16)7-19-9-3-4-11(14)10(5-9)13(17)18/h3-5,8H,6-7H2,1-2H3,(H,15,16)(H,17,18). The summed E-state index contributed by atoms with van der Waals surface area (Å²) in [4.78, 5) is 23.2. The van der Waals surface area contributed by atoms with Crippen molar-refractivity contribution in [1.29, 1.82) is 0 Å². The molecule has 0 bridgehead atoms. The van der Waals surface area contributed by atoms with Gasteiger partial charge in [0.25, 0.3) is 0 Å². The largest absolute Gasteiger partial charge is 0.478 e. The number of carboxylic acids is 1. The van der Waals surface area contributed by atoms with Crippen LogP contribution < -0.4 is 5.32 Å². The first-order valence-corrected chi connectivity index (χ1v) is 7.19. The summed E-state index contributed by atoms with van der Waals surface area (Å²) in [5, 5.41) is 11.9. The van der Waals surface area contributed by atoms with Gasteiger partial charge in [-0.05, 0) is 24.1 Å². The van der Waals surface area contributed by atoms with E-state index in [1.54, 1.807) is 6.07 Å². The zero-order valence-electron chi connectivity index (χ0n) is 10.8. The highest BCUT2D eigenvalue weighted by Crippen LogP contribution is 2.24. The summed E-state index contributed by atoms with van der Waals surface area (Å²) < 4.78 is 0. The average molecular weight is 302 g/mol. The van der Waals surface area contributed by atoms with E-state index in [0.717, 1.165) is 0 Å². The lowest BCUT2D eigenvalue weighted by Crippen LogP contribution is -2.28. The summed E-state index contributed by atoms with van der Waals surface area (Å²) >= 11 is 7.06. The number of carbonyl (C=O) groups excluding carboxylic acids is 1. The monoisotopic (exact) mass is 301 g/mol. The van der Waals surface area contributed by atoms with Gasteiger partial charge in [0.05, 0.1) is 16.3 Å². The topological polar surface area (TPSA) is 66.4 Å². The maximum Gasteiger partial charge on any atom is 0.337 e. The minimum atomic E-state index is -1.07. The Labute approximate surface area is 121 Å². The molecule has 19 heavy (non-hydrogen) atoms. The fourth-order valence-corrected chi connectivity index (χ4v) is 2.24. The highest BCUT2D eigenvalue weighted by molar-refractivity contribution is 8.00. The number of rotatable bonds is 6. The summed E-state index contributed by atoms with van der Waals surface area (Å²) in [6.45, 7) is 4.68. The fraction of sp³-hybridized carbons (Fsp3) is 0.385. The molecule has 104 valence electrons. The molecule has 0 fully saturated rings. The van der Waals surface area contributed by atoms with Crippen LogP contribution >= 0.6 is 23.4 Å². The Bertz CT molecular complexity index is 477. The molecule has 0 spiro atoms. The first-order valence-electron chi connectivity index (χ1n) is 5.82. The van der Waals surface area contributed by atoms with Crippen LogP contribution in [-0.4, -0.2) is 29.3 Å². The van der Waals surface area contributed by atoms with E-state index in [1.807, 2.05) is 13.8 Å². The maximum absolute atomic E-state index is 11.5. The van der Waals surface area contributed by atoms with Crippen molar-refractivity contribution in [2.75, 3.05) is 12.3 Å². The van der Waals surface area contributed by atoms with Crippen molar-refractivity contribution < 1.29 is 14.7 Å². The molecule has 1 rings (SSSR count). The van der Waals surface area contributed by atoms with Gasteiger partial charge in [0.1, 0.15) is 0 Å². The third kappa shape index (κ3) is 5.53. The molecule has 2 N–H and O–H groups in total. The minimum Gasteiger partial charge on any atom is -0.478 e. The highest BCUT2D eigenvalue weighted by atomic mass is 35.5. The van der Waals surface area contributed by atoms with Crippen molar-refractivity contribution >= 4 is 35.2 Å². The quantitative estimate of drug-likeness (QED) is 0.793. The zero-order chi connectivity index (χ0) is 14.4. The van der Waals surface area contributed by atoms with E-state index in [9.17, 15) is 9.59 Å². The second-order valence-electron chi connectivity index (χ2n) is 4.43. The van der Waals surface area contributed by atoms with Crippen LogP contribution in [0, 0.1) is 5.92 Å². The van der Waals surface area contributed by atoms with Crippen LogP contribution in [0.5, 0.6) is 0 Å². The van der Waals surface area contributed by atoms with Crippen molar-refractivity contribution in [1.82, 2.24) is 5.32 Å². The van der Waals surface area contributed by atoms with Gasteiger partial charge < -0.3 is 10.4 Å². The van der Waals surface area contributed by atoms with Crippen molar-refractivity contribution in [2.45, 2.75) is 18.7 Å². The second-order valence-corrected chi connectivity index (χ2v) is 5.89. The Morgan fingerprint density at radius 1 is 1.42 bits per heavy atom. The normalized spacial score (nSPS) is 10.5. The Kier molecular flexibility index (Phi) is 6.18. The van der Waals surface area contributed by atoms with Gasteiger partial charge in [-0.15, -0.1) is 11.8 Å². The number of carbonyl (C=O) groups is 2. The molecule has 1 aromatic rings. The number of hydrogen-bond acceptors (Lipinski definition) is 3. The Balaban J connectivity index is 2.56. The molecule has 0 aliphatic rings. The van der Waals surface area contributed by atoms with Gasteiger partial charge in [-0.2, -0.15) is 0 Å². The number of halogens is 1. The van der Waals surface area contributed by atoms with Crippen molar-refractivity contribution in [3.05, 3.63) is 28.8 Å². The first-order chi connectivity index (χ1) is 8.90. The lowest BCUT2D eigenvalue weighted by Gasteiger charge is -2.08. The van der Waals surface area contributed by atoms with E-state index in [4.69, 9.17) is 16.7 Å². The van der Waals surface area contributed by atoms with Gasteiger partial charge in [0.2, 0.25) is 5.91 Å². The van der Waals surface area contributed by atoms with Crippen molar-refractivity contribution in [3.8, 4) is 0 Å². The molecule has 1 amide bonds. The molecule has 0 aromatic heterocycles. The highest BCUT2D eigenvalue weighted by Gasteiger charge is 2.10. The summed E-state index contributed by atoms with van der Waals surface area (Å²) in [6, 6.07) is 4.71. The molecule has 1 aromatic carbocycles. The lowest BCUT2D eigenvalue weighted by molar-refractivity contribution is -0.118. The number of thioether (sulfide) groups is 1. The number of amides is 1. The van der Waals surface area contributed by atoms with E-state index >= 15 is 0 Å². The number of nitrogens with one attached hydrogen (secondary N) is 1. The molecule has 6 heteroatoms. The van der Waals surface area contributed by atoms with Crippen molar-refractivity contribution in [2.24, 2.45) is 5.92 Å². The molecule has 0 aliphatic carbocycles. The minimum absolute atomic E-state index is 0.0502. The predicted octanol–water partition coefficient (Wildman–Crippen LogP) is 2.90. The summed E-state index contributed by atoms with van der Waals surface area (Å²) in [6.07, 6.45) is 0. The molecule has 0 saturated carbocycles. The maximum atomic E-state index is 11.5. The van der Waals surface area contributed by atoms with Gasteiger partial charge >= 0.3 is 5.97 Å². The van der Waals surface area contributed by atoms with Gasteiger partial charge in [0.15, 0.2) is 0 Å². The van der Waals surface area contributed by atoms with Crippen LogP contribution in [0.25, 0.3) is 0 Å². The number of benzene rings is 1. The Morgan fingerprint density at radius 3 is 2.68 bits per heavy atom. The smallest absolute Gasteiger partial charge is 0.337 e. The summed E-state index contributed by atoms with van der Waals surface area (Å²) in [5.74, 6) is -0.474. The van der Waals surface area contributed by atoms with Crippen LogP contribution in [0.3, 0.4) is 0 Å². The average Bonchev–Trinajstić information content (AvgIpc) is 2.35. The van der Waals surface area contributed by atoms with E-state index < -0.39 is 5.97 Å². The van der Waals surface area contributed by atoms with Crippen LogP contribution in [0.15, 0.2) is 23.1 Å². The molecular formula is C13H16ClNO3S. The van der Waals surface area contributed by atoms with Gasteiger partial charge in [0, 0.05) is 11.4 Å².